The summed E-state index contributed by atoms with van der Waals surface area (Å²) in [5.41, 5.74) is 2.84. The lowest BCUT2D eigenvalue weighted by atomic mass is 10.1. The van der Waals surface area contributed by atoms with Crippen LogP contribution < -0.4 is 20.3 Å². The number of methoxy groups -OCH3 is 1. The molecule has 1 aromatic carbocycles. The third-order valence-corrected chi connectivity index (χ3v) is 6.08. The minimum Gasteiger partial charge on any atom is -0.497 e. The second kappa shape index (κ2) is 11.9. The maximum atomic E-state index is 12.5. The van der Waals surface area contributed by atoms with Crippen molar-refractivity contribution in [3.05, 3.63) is 84.4 Å². The molecule has 2 N–H and O–H groups in total. The lowest BCUT2D eigenvalue weighted by Gasteiger charge is -2.40. The van der Waals surface area contributed by atoms with Crippen LogP contribution >= 0.6 is 0 Å². The number of benzene rings is 1. The van der Waals surface area contributed by atoms with Crippen LogP contribution in [0.15, 0.2) is 73.2 Å². The number of hydrogen-bond donors (Lipinski definition) is 2. The van der Waals surface area contributed by atoms with E-state index in [1.165, 1.54) is 0 Å². The number of hydrogen-bond acceptors (Lipinski definition) is 7. The van der Waals surface area contributed by atoms with Crippen LogP contribution in [-0.4, -0.2) is 66.5 Å². The van der Waals surface area contributed by atoms with Crippen molar-refractivity contribution in [2.45, 2.75) is 12.6 Å². The summed E-state index contributed by atoms with van der Waals surface area (Å²) in [6.45, 7) is 3.83. The van der Waals surface area contributed by atoms with Crippen molar-refractivity contribution < 1.29 is 14.3 Å². The van der Waals surface area contributed by atoms with Crippen LogP contribution in [-0.2, 0) is 16.1 Å². The molecule has 1 aliphatic heterocycles. The number of carbonyl (C=O) groups excluding carboxylic acids is 2. The van der Waals surface area contributed by atoms with Gasteiger partial charge in [-0.15, -0.1) is 0 Å². The predicted molar refractivity (Wildman–Crippen MR) is 133 cm³/mol. The molecule has 2 amide bonds. The van der Waals surface area contributed by atoms with Crippen LogP contribution in [0, 0.1) is 0 Å². The molecule has 4 rings (SSSR count). The van der Waals surface area contributed by atoms with Crippen molar-refractivity contribution in [3.63, 3.8) is 0 Å². The molecule has 9 nitrogen and oxygen atoms in total. The molecule has 9 heteroatoms. The maximum absolute atomic E-state index is 12.5. The van der Waals surface area contributed by atoms with E-state index in [0.717, 1.165) is 43.2 Å². The molecule has 0 saturated carbocycles. The number of piperazine rings is 1. The topological polar surface area (TPSA) is 99.7 Å². The Kier molecular flexibility index (Phi) is 8.24. The van der Waals surface area contributed by atoms with Crippen molar-refractivity contribution in [2.75, 3.05) is 44.7 Å². The number of nitrogens with zero attached hydrogens (tertiary/aromatic N) is 4. The van der Waals surface area contributed by atoms with Gasteiger partial charge in [-0.25, -0.2) is 0 Å². The molecule has 1 saturated heterocycles. The van der Waals surface area contributed by atoms with Crippen LogP contribution in [0.4, 0.5) is 5.69 Å². The Morgan fingerprint density at radius 1 is 0.943 bits per heavy atom. The van der Waals surface area contributed by atoms with Gasteiger partial charge in [-0.05, 0) is 48.0 Å². The first-order chi connectivity index (χ1) is 17.1. The van der Waals surface area contributed by atoms with E-state index in [4.69, 9.17) is 4.74 Å². The zero-order valence-corrected chi connectivity index (χ0v) is 19.8. The van der Waals surface area contributed by atoms with Gasteiger partial charge in [-0.2, -0.15) is 0 Å². The van der Waals surface area contributed by atoms with Crippen LogP contribution in [0.2, 0.25) is 0 Å². The molecule has 0 radical (unpaired) electrons. The summed E-state index contributed by atoms with van der Waals surface area (Å²) in [5.74, 6) is -0.500. The number of anilines is 1. The number of aromatic nitrogens is 2. The molecule has 1 atom stereocenters. The van der Waals surface area contributed by atoms with Gasteiger partial charge in [0.15, 0.2) is 0 Å². The summed E-state index contributed by atoms with van der Waals surface area (Å²) in [6.07, 6.45) is 5.19. The van der Waals surface area contributed by atoms with Crippen molar-refractivity contribution in [2.24, 2.45) is 0 Å². The average molecular weight is 475 g/mol. The molecule has 1 aliphatic rings. The highest BCUT2D eigenvalue weighted by Gasteiger charge is 2.27. The highest BCUT2D eigenvalue weighted by Crippen LogP contribution is 2.25. The Bertz CT molecular complexity index is 1090. The average Bonchev–Trinajstić information content (AvgIpc) is 2.93. The molecular weight excluding hydrogens is 444 g/mol. The van der Waals surface area contributed by atoms with E-state index in [1.807, 2.05) is 36.5 Å². The minimum absolute atomic E-state index is 0.0887. The van der Waals surface area contributed by atoms with Gasteiger partial charge in [0.05, 0.1) is 25.4 Å². The van der Waals surface area contributed by atoms with Gasteiger partial charge in [0.1, 0.15) is 5.75 Å². The van der Waals surface area contributed by atoms with Crippen molar-refractivity contribution in [1.82, 2.24) is 25.5 Å². The Morgan fingerprint density at radius 2 is 1.71 bits per heavy atom. The second-order valence-corrected chi connectivity index (χ2v) is 8.24. The van der Waals surface area contributed by atoms with E-state index in [9.17, 15) is 9.59 Å². The Labute approximate surface area is 205 Å². The molecule has 1 unspecified atom stereocenters. The molecule has 3 aromatic rings. The molecule has 2 aromatic heterocycles. The fourth-order valence-corrected chi connectivity index (χ4v) is 4.14. The molecule has 0 aliphatic carbocycles. The predicted octanol–water partition coefficient (Wildman–Crippen LogP) is 1.78. The minimum atomic E-state index is -0.676. The number of nitrogens with one attached hydrogen (secondary N) is 2. The molecular formula is C26H30N6O3. The number of rotatable bonds is 8. The number of ether oxygens (including phenoxy) is 1. The van der Waals surface area contributed by atoms with Crippen LogP contribution in [0.5, 0.6) is 5.75 Å². The number of carbonyl (C=O) groups is 2. The molecule has 0 bridgehead atoms. The summed E-state index contributed by atoms with van der Waals surface area (Å²) in [7, 11) is 1.66. The fourth-order valence-electron chi connectivity index (χ4n) is 4.14. The van der Waals surface area contributed by atoms with Crippen LogP contribution in [0.1, 0.15) is 17.3 Å². The van der Waals surface area contributed by atoms with E-state index in [0.29, 0.717) is 12.2 Å². The largest absolute Gasteiger partial charge is 0.497 e. The normalized spacial score (nSPS) is 14.7. The standard InChI is InChI=1S/C26H30N6O3/c1-35-23-9-7-22(8-10-23)31-13-15-32(16-14-31)24(20-5-4-11-27-17-20)19-30-26(34)25(33)29-18-21-6-2-3-12-28-21/h2-12,17,24H,13-16,18-19H2,1H3,(H,29,33)(H,30,34). The molecule has 1 fully saturated rings. The summed E-state index contributed by atoms with van der Waals surface area (Å²) in [4.78, 5) is 37.8. The van der Waals surface area contributed by atoms with Crippen molar-refractivity contribution >= 4 is 17.5 Å². The lowest BCUT2D eigenvalue weighted by molar-refractivity contribution is -0.139. The molecule has 3 heterocycles. The highest BCUT2D eigenvalue weighted by molar-refractivity contribution is 6.35. The van der Waals surface area contributed by atoms with Gasteiger partial charge >= 0.3 is 11.8 Å². The van der Waals surface area contributed by atoms with E-state index in [2.05, 4.69) is 42.5 Å². The Hall–Kier alpha value is -3.98. The summed E-state index contributed by atoms with van der Waals surface area (Å²) in [6, 6.07) is 17.3. The van der Waals surface area contributed by atoms with E-state index in [-0.39, 0.29) is 12.6 Å². The number of amides is 2. The maximum Gasteiger partial charge on any atom is 0.309 e. The third kappa shape index (κ3) is 6.54. The first-order valence-corrected chi connectivity index (χ1v) is 11.6. The Morgan fingerprint density at radius 3 is 2.37 bits per heavy atom. The SMILES string of the molecule is COc1ccc(N2CCN(C(CNC(=O)C(=O)NCc3ccccn3)c3cccnc3)CC2)cc1. The zero-order chi connectivity index (χ0) is 24.5. The summed E-state index contributed by atoms with van der Waals surface area (Å²) < 4.78 is 5.26. The highest BCUT2D eigenvalue weighted by atomic mass is 16.5. The lowest BCUT2D eigenvalue weighted by Crippen LogP contribution is -2.50. The Balaban J connectivity index is 1.34. The first kappa shape index (κ1) is 24.2. The van der Waals surface area contributed by atoms with Gasteiger partial charge in [0, 0.05) is 57.0 Å². The molecule has 0 spiro atoms. The van der Waals surface area contributed by atoms with Gasteiger partial charge in [0.25, 0.3) is 0 Å². The van der Waals surface area contributed by atoms with Gasteiger partial charge < -0.3 is 20.3 Å². The summed E-state index contributed by atoms with van der Waals surface area (Å²) in [5, 5.41) is 5.42. The van der Waals surface area contributed by atoms with Crippen molar-refractivity contribution in [1.29, 1.82) is 0 Å². The monoisotopic (exact) mass is 474 g/mol. The summed E-state index contributed by atoms with van der Waals surface area (Å²) >= 11 is 0. The van der Waals surface area contributed by atoms with E-state index < -0.39 is 11.8 Å². The van der Waals surface area contributed by atoms with Crippen molar-refractivity contribution in [3.8, 4) is 5.75 Å². The van der Waals surface area contributed by atoms with Gasteiger partial charge in [-0.1, -0.05) is 12.1 Å². The van der Waals surface area contributed by atoms with E-state index in [1.54, 1.807) is 31.6 Å². The number of pyridine rings is 2. The fraction of sp³-hybridized carbons (Fsp3) is 0.308. The molecule has 182 valence electrons. The first-order valence-electron chi connectivity index (χ1n) is 11.6. The second-order valence-electron chi connectivity index (χ2n) is 8.24. The van der Waals surface area contributed by atoms with Gasteiger partial charge in [0.2, 0.25) is 0 Å². The van der Waals surface area contributed by atoms with Gasteiger partial charge in [-0.3, -0.25) is 24.5 Å². The van der Waals surface area contributed by atoms with E-state index >= 15 is 0 Å². The molecule has 35 heavy (non-hydrogen) atoms. The van der Waals surface area contributed by atoms with Crippen LogP contribution in [0.3, 0.4) is 0 Å². The van der Waals surface area contributed by atoms with Crippen LogP contribution in [0.25, 0.3) is 0 Å². The third-order valence-electron chi connectivity index (χ3n) is 6.08. The smallest absolute Gasteiger partial charge is 0.309 e. The quantitative estimate of drug-likeness (QED) is 0.480. The zero-order valence-electron chi connectivity index (χ0n) is 19.8.